The Morgan fingerprint density at radius 3 is 2.39 bits per heavy atom. The van der Waals surface area contributed by atoms with Crippen LogP contribution in [0.1, 0.15) is 19.4 Å². The van der Waals surface area contributed by atoms with Gasteiger partial charge in [-0.15, -0.1) is 5.10 Å². The number of hydrogen-bond donors (Lipinski definition) is 1. The van der Waals surface area contributed by atoms with Crippen LogP contribution in [0.5, 0.6) is 0 Å². The van der Waals surface area contributed by atoms with Crippen LogP contribution in [0, 0.1) is 11.7 Å². The van der Waals surface area contributed by atoms with Gasteiger partial charge in [-0.3, -0.25) is 19.2 Å². The van der Waals surface area contributed by atoms with Crippen LogP contribution in [-0.4, -0.2) is 68.8 Å². The molecule has 1 amide bonds. The summed E-state index contributed by atoms with van der Waals surface area (Å²) >= 11 is 5.90. The molecule has 1 aliphatic rings. The number of piperazine rings is 1. The van der Waals surface area contributed by atoms with Crippen molar-refractivity contribution in [2.24, 2.45) is 0 Å². The highest BCUT2D eigenvalue weighted by atomic mass is 32.1. The van der Waals surface area contributed by atoms with E-state index in [0.717, 1.165) is 43.3 Å². The fraction of sp³-hybridized carbons (Fsp3) is 0.400. The molecule has 1 N–H and O–H groups in total. The number of carbonyl (C=O) groups excluding carboxylic acids is 1. The molecule has 0 saturated carbocycles. The number of benzene rings is 2. The van der Waals surface area contributed by atoms with E-state index in [2.05, 4.69) is 56.9 Å². The van der Waals surface area contributed by atoms with Gasteiger partial charge in [0.25, 0.3) is 0 Å². The Kier molecular flexibility index (Phi) is 7.37. The van der Waals surface area contributed by atoms with Crippen molar-refractivity contribution in [1.29, 1.82) is 0 Å². The second kappa shape index (κ2) is 10.4. The first-order valence-corrected chi connectivity index (χ1v) is 11.9. The zero-order chi connectivity index (χ0) is 23.4. The van der Waals surface area contributed by atoms with Gasteiger partial charge in [-0.05, 0) is 50.7 Å². The number of aryl methyl sites for hydroxylation is 1. The van der Waals surface area contributed by atoms with E-state index < -0.39 is 0 Å². The summed E-state index contributed by atoms with van der Waals surface area (Å²) in [5, 5.41) is 7.90. The van der Waals surface area contributed by atoms with Gasteiger partial charge < -0.3 is 5.32 Å². The molecule has 4 rings (SSSR count). The van der Waals surface area contributed by atoms with Crippen molar-refractivity contribution in [1.82, 2.24) is 29.5 Å². The minimum absolute atomic E-state index is 0.0880. The number of nitrogens with one attached hydrogen (secondary N) is 1. The van der Waals surface area contributed by atoms with Crippen molar-refractivity contribution in [2.75, 3.05) is 32.7 Å². The number of carbonyl (C=O) groups is 1. The first-order chi connectivity index (χ1) is 15.9. The molecule has 1 saturated heterocycles. The van der Waals surface area contributed by atoms with E-state index in [1.165, 1.54) is 5.56 Å². The highest BCUT2D eigenvalue weighted by Gasteiger charge is 2.21. The normalized spacial score (nSPS) is 15.2. The van der Waals surface area contributed by atoms with Crippen LogP contribution in [0.25, 0.3) is 17.1 Å². The maximum atomic E-state index is 12.1. The lowest BCUT2D eigenvalue weighted by molar-refractivity contribution is -0.123. The Labute approximate surface area is 200 Å². The average Bonchev–Trinajstić information content (AvgIpc) is 3.11. The van der Waals surface area contributed by atoms with E-state index in [-0.39, 0.29) is 11.9 Å². The van der Waals surface area contributed by atoms with Crippen LogP contribution >= 0.6 is 12.2 Å². The molecule has 1 aliphatic heterocycles. The van der Waals surface area contributed by atoms with Crippen LogP contribution in [0.15, 0.2) is 54.6 Å². The fourth-order valence-electron chi connectivity index (χ4n) is 4.12. The van der Waals surface area contributed by atoms with Gasteiger partial charge in [-0.2, -0.15) is 0 Å². The van der Waals surface area contributed by atoms with Gasteiger partial charge in [-0.1, -0.05) is 42.5 Å². The minimum Gasteiger partial charge on any atom is -0.353 e. The molecular weight excluding hydrogens is 432 g/mol. The van der Waals surface area contributed by atoms with Crippen LogP contribution in [-0.2, 0) is 11.5 Å². The maximum absolute atomic E-state index is 12.1. The summed E-state index contributed by atoms with van der Waals surface area (Å²) in [7, 11) is 0. The lowest BCUT2D eigenvalue weighted by Gasteiger charge is -2.34. The molecule has 0 atom stereocenters. The van der Waals surface area contributed by atoms with E-state index >= 15 is 0 Å². The summed E-state index contributed by atoms with van der Waals surface area (Å²) in [4.78, 5) is 16.6. The maximum Gasteiger partial charge on any atom is 0.234 e. The fourth-order valence-corrected chi connectivity index (χ4v) is 4.41. The quantitative estimate of drug-likeness (QED) is 0.543. The van der Waals surface area contributed by atoms with Crippen molar-refractivity contribution >= 4 is 18.1 Å². The van der Waals surface area contributed by atoms with Gasteiger partial charge in [-0.25, -0.2) is 4.68 Å². The zero-order valence-electron chi connectivity index (χ0n) is 19.6. The molecule has 0 unspecified atom stereocenters. The molecule has 2 heterocycles. The molecule has 1 fully saturated rings. The average molecular weight is 465 g/mol. The number of rotatable bonds is 7. The van der Waals surface area contributed by atoms with E-state index in [1.54, 1.807) is 0 Å². The molecule has 0 radical (unpaired) electrons. The summed E-state index contributed by atoms with van der Waals surface area (Å²) < 4.78 is 4.66. The van der Waals surface area contributed by atoms with Crippen molar-refractivity contribution in [3.05, 3.63) is 64.9 Å². The molecule has 174 valence electrons. The lowest BCUT2D eigenvalue weighted by atomic mass is 10.2. The number of aromatic nitrogens is 3. The van der Waals surface area contributed by atoms with Gasteiger partial charge in [0.15, 0.2) is 5.82 Å². The third-order valence-corrected chi connectivity index (χ3v) is 6.14. The highest BCUT2D eigenvalue weighted by molar-refractivity contribution is 7.71. The van der Waals surface area contributed by atoms with Gasteiger partial charge in [0.2, 0.25) is 10.7 Å². The second-order valence-electron chi connectivity index (χ2n) is 8.90. The Morgan fingerprint density at radius 2 is 1.73 bits per heavy atom. The molecule has 7 nitrogen and oxygen atoms in total. The summed E-state index contributed by atoms with van der Waals surface area (Å²) in [6, 6.07) is 18.7. The number of nitrogens with zero attached hydrogens (tertiary/aromatic N) is 5. The van der Waals surface area contributed by atoms with Crippen LogP contribution in [0.4, 0.5) is 0 Å². The topological polar surface area (TPSA) is 58.3 Å². The Hall–Kier alpha value is -2.81. The molecule has 0 bridgehead atoms. The number of hydrogen-bond acceptors (Lipinski definition) is 5. The van der Waals surface area contributed by atoms with E-state index in [1.807, 2.05) is 42.8 Å². The van der Waals surface area contributed by atoms with Crippen LogP contribution in [0.3, 0.4) is 0 Å². The smallest absolute Gasteiger partial charge is 0.234 e. The predicted molar refractivity (Wildman–Crippen MR) is 134 cm³/mol. The summed E-state index contributed by atoms with van der Waals surface area (Å²) in [5.41, 5.74) is 3.23. The summed E-state index contributed by atoms with van der Waals surface area (Å²) in [5.74, 6) is 0.931. The second-order valence-corrected chi connectivity index (χ2v) is 9.27. The largest absolute Gasteiger partial charge is 0.353 e. The van der Waals surface area contributed by atoms with Crippen molar-refractivity contribution in [3.63, 3.8) is 0 Å². The highest BCUT2D eigenvalue weighted by Crippen LogP contribution is 2.23. The molecule has 3 aromatic rings. The third-order valence-electron chi connectivity index (χ3n) is 5.75. The van der Waals surface area contributed by atoms with Crippen molar-refractivity contribution in [2.45, 2.75) is 33.5 Å². The van der Waals surface area contributed by atoms with E-state index in [0.29, 0.717) is 18.0 Å². The Bertz CT molecular complexity index is 1150. The molecule has 0 aliphatic carbocycles. The van der Waals surface area contributed by atoms with Gasteiger partial charge in [0, 0.05) is 37.8 Å². The standard InChI is InChI=1S/C25H32N6OS/c1-19(2)26-23(32)17-28-12-14-29(15-13-28)18-30-25(33)31(22-11-7-8-20(3)16-22)24(27-30)21-9-5-4-6-10-21/h4-11,16,19H,12-15,17-18H2,1-3H3,(H,26,32). The van der Waals surface area contributed by atoms with Gasteiger partial charge in [0.05, 0.1) is 18.9 Å². The molecule has 1 aromatic heterocycles. The van der Waals surface area contributed by atoms with Gasteiger partial charge in [0.1, 0.15) is 0 Å². The summed E-state index contributed by atoms with van der Waals surface area (Å²) in [6.07, 6.45) is 0. The monoisotopic (exact) mass is 464 g/mol. The van der Waals surface area contributed by atoms with Gasteiger partial charge >= 0.3 is 0 Å². The third kappa shape index (κ3) is 5.76. The van der Waals surface area contributed by atoms with E-state index in [9.17, 15) is 4.79 Å². The number of amides is 1. The SMILES string of the molecule is Cc1cccc(-n2c(-c3ccccc3)nn(CN3CCN(CC(=O)NC(C)C)CC3)c2=S)c1. The minimum atomic E-state index is 0.0880. The van der Waals surface area contributed by atoms with Crippen molar-refractivity contribution < 1.29 is 4.79 Å². The predicted octanol–water partition coefficient (Wildman–Crippen LogP) is 3.48. The Morgan fingerprint density at radius 1 is 1.03 bits per heavy atom. The van der Waals surface area contributed by atoms with Crippen molar-refractivity contribution in [3.8, 4) is 17.1 Å². The molecular formula is C25H32N6OS. The first-order valence-electron chi connectivity index (χ1n) is 11.5. The van der Waals surface area contributed by atoms with Crippen LogP contribution < -0.4 is 5.32 Å². The zero-order valence-corrected chi connectivity index (χ0v) is 20.4. The molecule has 0 spiro atoms. The van der Waals surface area contributed by atoms with E-state index in [4.69, 9.17) is 17.3 Å². The molecule has 33 heavy (non-hydrogen) atoms. The molecule has 8 heteroatoms. The lowest BCUT2D eigenvalue weighted by Crippen LogP contribution is -2.50. The Balaban J connectivity index is 1.52. The first kappa shape index (κ1) is 23.4. The van der Waals surface area contributed by atoms with Crippen LogP contribution in [0.2, 0.25) is 0 Å². The molecule has 2 aromatic carbocycles. The summed E-state index contributed by atoms with van der Waals surface area (Å²) in [6.45, 7) is 10.6.